The molecule has 4 rings (SSSR count). The maximum atomic E-state index is 13.7. The van der Waals surface area contributed by atoms with Crippen LogP contribution in [0.1, 0.15) is 46.5 Å². The van der Waals surface area contributed by atoms with Crippen LogP contribution in [0, 0.1) is 28.6 Å². The Morgan fingerprint density at radius 3 is 2.42 bits per heavy atom. The van der Waals surface area contributed by atoms with Gasteiger partial charge in [0.25, 0.3) is 0 Å². The normalized spacial score (nSPS) is 42.3. The largest absolute Gasteiger partial charge is 0.469 e. The molecule has 1 saturated heterocycles. The van der Waals surface area contributed by atoms with Crippen molar-refractivity contribution in [3.8, 4) is 0 Å². The SMILES string of the molecule is COC(=O)[C@@H]1C[C@H](OC(C)=O)C(=O)[C@H]2[C@@]1(C)CC[C@H]1C(=O)O[C@H](C3=C[C@H](O)OC3=O)C[C@]21C. The summed E-state index contributed by atoms with van der Waals surface area (Å²) in [4.78, 5) is 63.5. The van der Waals surface area contributed by atoms with E-state index in [0.29, 0.717) is 12.8 Å². The highest BCUT2D eigenvalue weighted by molar-refractivity contribution is 5.95. The number of hydrogen-bond donors (Lipinski definition) is 1. The minimum Gasteiger partial charge on any atom is -0.469 e. The lowest BCUT2D eigenvalue weighted by Crippen LogP contribution is -2.65. The van der Waals surface area contributed by atoms with E-state index in [9.17, 15) is 29.1 Å². The van der Waals surface area contributed by atoms with Crippen molar-refractivity contribution in [1.29, 1.82) is 0 Å². The number of carbonyl (C=O) groups is 5. The zero-order valence-corrected chi connectivity index (χ0v) is 19.0. The molecule has 1 N–H and O–H groups in total. The summed E-state index contributed by atoms with van der Waals surface area (Å²) in [6, 6.07) is 0. The van der Waals surface area contributed by atoms with Crippen molar-refractivity contribution in [3.63, 3.8) is 0 Å². The molecule has 0 bridgehead atoms. The number of cyclic esters (lactones) is 2. The molecule has 2 aliphatic carbocycles. The molecule has 0 aromatic carbocycles. The molecule has 10 nitrogen and oxygen atoms in total. The van der Waals surface area contributed by atoms with E-state index in [-0.39, 0.29) is 24.2 Å². The lowest BCUT2D eigenvalue weighted by molar-refractivity contribution is -0.207. The molecule has 10 heteroatoms. The van der Waals surface area contributed by atoms with Gasteiger partial charge in [-0.2, -0.15) is 0 Å². The number of aliphatic hydroxyl groups is 1. The van der Waals surface area contributed by atoms with Gasteiger partial charge in [-0.1, -0.05) is 13.8 Å². The second-order valence-electron chi connectivity index (χ2n) is 9.90. The summed E-state index contributed by atoms with van der Waals surface area (Å²) >= 11 is 0. The maximum Gasteiger partial charge on any atom is 0.340 e. The Morgan fingerprint density at radius 1 is 1.15 bits per heavy atom. The Labute approximate surface area is 190 Å². The monoisotopic (exact) mass is 464 g/mol. The molecule has 8 atom stereocenters. The molecule has 0 aromatic heterocycles. The van der Waals surface area contributed by atoms with Crippen LogP contribution in [-0.2, 0) is 42.9 Å². The van der Waals surface area contributed by atoms with Gasteiger partial charge in [0, 0.05) is 19.3 Å². The number of rotatable bonds is 3. The van der Waals surface area contributed by atoms with Crippen LogP contribution in [0.4, 0.5) is 0 Å². The highest BCUT2D eigenvalue weighted by Gasteiger charge is 2.68. The summed E-state index contributed by atoms with van der Waals surface area (Å²) < 4.78 is 20.6. The molecule has 2 saturated carbocycles. The first-order chi connectivity index (χ1) is 15.4. The molecule has 0 amide bonds. The molecule has 2 heterocycles. The van der Waals surface area contributed by atoms with Crippen molar-refractivity contribution >= 4 is 29.7 Å². The Kier molecular flexibility index (Phi) is 5.63. The number of esters is 4. The van der Waals surface area contributed by atoms with Gasteiger partial charge in [0.05, 0.1) is 24.5 Å². The third-order valence-corrected chi connectivity index (χ3v) is 8.03. The molecule has 0 spiro atoms. The van der Waals surface area contributed by atoms with Crippen molar-refractivity contribution in [1.82, 2.24) is 0 Å². The molecule has 33 heavy (non-hydrogen) atoms. The summed E-state index contributed by atoms with van der Waals surface area (Å²) in [5.74, 6) is -5.04. The molecular formula is C23H28O10. The number of hydrogen-bond acceptors (Lipinski definition) is 10. The predicted molar refractivity (Wildman–Crippen MR) is 108 cm³/mol. The number of carbonyl (C=O) groups excluding carboxylic acids is 5. The topological polar surface area (TPSA) is 143 Å². The summed E-state index contributed by atoms with van der Waals surface area (Å²) in [6.07, 6.45) is -1.48. The Balaban J connectivity index is 1.78. The van der Waals surface area contributed by atoms with Crippen molar-refractivity contribution < 1.29 is 48.0 Å². The lowest BCUT2D eigenvalue weighted by Gasteiger charge is -2.61. The minimum atomic E-state index is -1.43. The quantitative estimate of drug-likeness (QED) is 0.471. The third-order valence-electron chi connectivity index (χ3n) is 8.03. The van der Waals surface area contributed by atoms with Gasteiger partial charge < -0.3 is 24.1 Å². The zero-order chi connectivity index (χ0) is 24.3. The number of ketones is 1. The fourth-order valence-corrected chi connectivity index (χ4v) is 6.67. The number of ether oxygens (including phenoxy) is 4. The van der Waals surface area contributed by atoms with Gasteiger partial charge in [-0.05, 0) is 36.2 Å². The van der Waals surface area contributed by atoms with Gasteiger partial charge in [-0.15, -0.1) is 0 Å². The van der Waals surface area contributed by atoms with Crippen LogP contribution in [0.2, 0.25) is 0 Å². The van der Waals surface area contributed by atoms with E-state index in [0.717, 1.165) is 0 Å². The number of fused-ring (bicyclic) bond motifs is 3. The van der Waals surface area contributed by atoms with Crippen molar-refractivity contribution in [2.24, 2.45) is 28.6 Å². The van der Waals surface area contributed by atoms with Crippen LogP contribution >= 0.6 is 0 Å². The van der Waals surface area contributed by atoms with E-state index in [2.05, 4.69) is 0 Å². The molecular weight excluding hydrogens is 436 g/mol. The van der Waals surface area contributed by atoms with E-state index in [1.807, 2.05) is 6.92 Å². The van der Waals surface area contributed by atoms with Crippen LogP contribution in [0.15, 0.2) is 11.6 Å². The van der Waals surface area contributed by atoms with E-state index >= 15 is 0 Å². The smallest absolute Gasteiger partial charge is 0.340 e. The lowest BCUT2D eigenvalue weighted by atomic mass is 9.43. The Morgan fingerprint density at radius 2 is 1.85 bits per heavy atom. The van der Waals surface area contributed by atoms with Crippen molar-refractivity contribution in [3.05, 3.63) is 11.6 Å². The number of methoxy groups -OCH3 is 1. The predicted octanol–water partition coefficient (Wildman–Crippen LogP) is 0.836. The maximum absolute atomic E-state index is 13.7. The minimum absolute atomic E-state index is 0.0103. The molecule has 0 unspecified atom stereocenters. The first kappa shape index (κ1) is 23.4. The Hall–Kier alpha value is -2.75. The average molecular weight is 464 g/mol. The van der Waals surface area contributed by atoms with Gasteiger partial charge in [0.15, 0.2) is 11.9 Å². The van der Waals surface area contributed by atoms with E-state index < -0.39 is 71.0 Å². The first-order valence-corrected chi connectivity index (χ1v) is 11.0. The fourth-order valence-electron chi connectivity index (χ4n) is 6.67. The van der Waals surface area contributed by atoms with Crippen LogP contribution in [-0.4, -0.2) is 60.4 Å². The van der Waals surface area contributed by atoms with Crippen molar-refractivity contribution in [2.75, 3.05) is 7.11 Å². The second kappa shape index (κ2) is 7.93. The Bertz CT molecular complexity index is 953. The van der Waals surface area contributed by atoms with Crippen LogP contribution < -0.4 is 0 Å². The molecule has 0 radical (unpaired) electrons. The molecule has 180 valence electrons. The molecule has 4 aliphatic rings. The zero-order valence-electron chi connectivity index (χ0n) is 19.0. The van der Waals surface area contributed by atoms with Gasteiger partial charge >= 0.3 is 23.9 Å². The molecule has 2 aliphatic heterocycles. The van der Waals surface area contributed by atoms with Gasteiger partial charge in [0.1, 0.15) is 6.10 Å². The van der Waals surface area contributed by atoms with Crippen LogP contribution in [0.25, 0.3) is 0 Å². The van der Waals surface area contributed by atoms with E-state index in [1.54, 1.807) is 6.92 Å². The highest BCUT2D eigenvalue weighted by atomic mass is 16.6. The van der Waals surface area contributed by atoms with Gasteiger partial charge in [-0.3, -0.25) is 19.2 Å². The van der Waals surface area contributed by atoms with Crippen molar-refractivity contribution in [2.45, 2.75) is 65.0 Å². The van der Waals surface area contributed by atoms with E-state index in [1.165, 1.54) is 20.1 Å². The fraction of sp³-hybridized carbons (Fsp3) is 0.696. The van der Waals surface area contributed by atoms with Gasteiger partial charge in [0.2, 0.25) is 6.29 Å². The van der Waals surface area contributed by atoms with Crippen LogP contribution in [0.5, 0.6) is 0 Å². The standard InChI is InChI=1S/C23H28O10/c1-10(24)31-14-8-13(20(28)30-4)22(2)6-5-12-21(29)32-15(11-7-16(25)33-19(11)27)9-23(12,3)18(22)17(14)26/h7,12-16,18,25H,5-6,8-9H2,1-4H3/t12-,13-,14-,15-,16+,18-,22-,23-/m0/s1. The summed E-state index contributed by atoms with van der Waals surface area (Å²) in [5, 5.41) is 9.66. The molecule has 0 aromatic rings. The molecule has 3 fully saturated rings. The summed E-state index contributed by atoms with van der Waals surface area (Å²) in [5.41, 5.74) is -1.82. The summed E-state index contributed by atoms with van der Waals surface area (Å²) in [6.45, 7) is 4.81. The average Bonchev–Trinajstić information content (AvgIpc) is 3.06. The summed E-state index contributed by atoms with van der Waals surface area (Å²) in [7, 11) is 1.27. The van der Waals surface area contributed by atoms with Gasteiger partial charge in [-0.25, -0.2) is 4.79 Å². The first-order valence-electron chi connectivity index (χ1n) is 11.0. The van der Waals surface area contributed by atoms with Crippen LogP contribution in [0.3, 0.4) is 0 Å². The second-order valence-corrected chi connectivity index (χ2v) is 9.90. The number of aliphatic hydroxyl groups excluding tert-OH is 1. The highest BCUT2D eigenvalue weighted by Crippen LogP contribution is 2.64. The number of Topliss-reactive ketones (excluding diaryl/α,β-unsaturated/α-hetero) is 1. The third kappa shape index (κ3) is 3.55. The van der Waals surface area contributed by atoms with E-state index in [4.69, 9.17) is 18.9 Å².